The predicted molar refractivity (Wildman–Crippen MR) is 51.7 cm³/mol. The number of hydrogen-bond acceptors (Lipinski definition) is 2. The van der Waals surface area contributed by atoms with Gasteiger partial charge in [0.15, 0.2) is 0 Å². The molecule has 0 spiro atoms. The van der Waals surface area contributed by atoms with Gasteiger partial charge in [-0.25, -0.2) is 13.1 Å². The van der Waals surface area contributed by atoms with Crippen LogP contribution in [0.15, 0.2) is 0 Å². The quantitative estimate of drug-likeness (QED) is 0.726. The summed E-state index contributed by atoms with van der Waals surface area (Å²) >= 11 is 5.61. The molecule has 0 aliphatic heterocycles. The van der Waals surface area contributed by atoms with Crippen LogP contribution >= 0.6 is 11.6 Å². The van der Waals surface area contributed by atoms with Crippen LogP contribution in [0.25, 0.3) is 0 Å². The van der Waals surface area contributed by atoms with E-state index in [1.54, 1.807) is 27.7 Å². The van der Waals surface area contributed by atoms with Gasteiger partial charge in [0.05, 0.1) is 0 Å². The van der Waals surface area contributed by atoms with Crippen LogP contribution in [0.5, 0.6) is 0 Å². The maximum absolute atomic E-state index is 11.3. The molecule has 5 heteroatoms. The fourth-order valence-corrected chi connectivity index (χ4v) is 2.26. The van der Waals surface area contributed by atoms with Gasteiger partial charge in [0.25, 0.3) is 0 Å². The van der Waals surface area contributed by atoms with Crippen molar-refractivity contribution < 1.29 is 8.42 Å². The maximum Gasteiger partial charge on any atom is 0.229 e. The fourth-order valence-electron chi connectivity index (χ4n) is 0.710. The van der Waals surface area contributed by atoms with E-state index < -0.39 is 20.3 Å². The smallest absolute Gasteiger partial charge is 0.211 e. The third kappa shape index (κ3) is 4.28. The number of hydrogen-bond donors (Lipinski definition) is 1. The zero-order chi connectivity index (χ0) is 9.99. The van der Waals surface area contributed by atoms with Gasteiger partial charge < -0.3 is 0 Å². The summed E-state index contributed by atoms with van der Waals surface area (Å²) in [6, 6.07) is 0. The molecule has 0 aliphatic carbocycles. The van der Waals surface area contributed by atoms with E-state index in [0.717, 1.165) is 0 Å². The lowest BCUT2D eigenvalue weighted by molar-refractivity contribution is 0.489. The second-order valence-corrected chi connectivity index (χ2v) is 6.36. The number of rotatable bonds is 3. The minimum Gasteiger partial charge on any atom is -0.211 e. The Morgan fingerprint density at radius 2 is 1.83 bits per heavy atom. The van der Waals surface area contributed by atoms with E-state index in [4.69, 9.17) is 11.6 Å². The Kier molecular flexibility index (Phi) is 4.00. The minimum absolute atomic E-state index is 0.410. The van der Waals surface area contributed by atoms with E-state index in [2.05, 4.69) is 4.72 Å². The zero-order valence-corrected chi connectivity index (χ0v) is 9.46. The van der Waals surface area contributed by atoms with Crippen molar-refractivity contribution in [2.75, 3.05) is 0 Å². The normalized spacial score (nSPS) is 16.1. The van der Waals surface area contributed by atoms with Crippen LogP contribution in [0.3, 0.4) is 0 Å². The van der Waals surface area contributed by atoms with Crippen molar-refractivity contribution in [2.24, 2.45) is 0 Å². The molecule has 0 aromatic rings. The number of sulfonamides is 1. The molecule has 0 heterocycles. The van der Waals surface area contributed by atoms with Gasteiger partial charge in [0.1, 0.15) is 4.71 Å². The van der Waals surface area contributed by atoms with Gasteiger partial charge in [-0.2, -0.15) is 0 Å². The Hall–Kier alpha value is 0.200. The lowest BCUT2D eigenvalue weighted by atomic mass is 10.1. The summed E-state index contributed by atoms with van der Waals surface area (Å²) in [5.41, 5.74) is -0.457. The van der Waals surface area contributed by atoms with Crippen molar-refractivity contribution in [2.45, 2.75) is 44.4 Å². The summed E-state index contributed by atoms with van der Waals surface area (Å²) in [7, 11) is -3.35. The molecule has 3 nitrogen and oxygen atoms in total. The van der Waals surface area contributed by atoms with Gasteiger partial charge >= 0.3 is 0 Å². The van der Waals surface area contributed by atoms with Crippen molar-refractivity contribution >= 4 is 21.6 Å². The largest absolute Gasteiger partial charge is 0.229 e. The van der Waals surface area contributed by atoms with Crippen LogP contribution < -0.4 is 4.72 Å². The Morgan fingerprint density at radius 1 is 1.42 bits per heavy atom. The van der Waals surface area contributed by atoms with Crippen LogP contribution in [0.1, 0.15) is 34.1 Å². The molecule has 0 saturated heterocycles. The second-order valence-electron chi connectivity index (χ2n) is 3.72. The van der Waals surface area contributed by atoms with Crippen molar-refractivity contribution in [3.05, 3.63) is 0 Å². The van der Waals surface area contributed by atoms with E-state index >= 15 is 0 Å². The molecule has 0 rings (SSSR count). The van der Waals surface area contributed by atoms with E-state index in [0.29, 0.717) is 6.42 Å². The van der Waals surface area contributed by atoms with Crippen LogP contribution in [0.4, 0.5) is 0 Å². The summed E-state index contributed by atoms with van der Waals surface area (Å²) in [5, 5.41) is 0. The number of alkyl halides is 1. The second kappa shape index (κ2) is 3.94. The molecule has 0 amide bonds. The van der Waals surface area contributed by atoms with Gasteiger partial charge in [-0.3, -0.25) is 0 Å². The van der Waals surface area contributed by atoms with Gasteiger partial charge in [-0.1, -0.05) is 6.92 Å². The summed E-state index contributed by atoms with van der Waals surface area (Å²) < 4.78 is 24.3. The first-order valence-electron chi connectivity index (χ1n) is 3.86. The Morgan fingerprint density at radius 3 is 2.08 bits per heavy atom. The van der Waals surface area contributed by atoms with Crippen molar-refractivity contribution in [3.63, 3.8) is 0 Å². The van der Waals surface area contributed by atoms with Crippen LogP contribution in [-0.4, -0.2) is 18.7 Å². The average molecular weight is 214 g/mol. The van der Waals surface area contributed by atoms with Gasteiger partial charge in [-0.05, 0) is 27.2 Å². The van der Waals surface area contributed by atoms with Crippen LogP contribution in [0, 0.1) is 0 Å². The summed E-state index contributed by atoms with van der Waals surface area (Å²) in [6.07, 6.45) is 0.410. The fraction of sp³-hybridized carbons (Fsp3) is 1.00. The highest BCUT2D eigenvalue weighted by Crippen LogP contribution is 2.12. The molecule has 0 saturated carbocycles. The monoisotopic (exact) mass is 213 g/mol. The van der Waals surface area contributed by atoms with E-state index in [9.17, 15) is 8.42 Å². The summed E-state index contributed by atoms with van der Waals surface area (Å²) in [6.45, 7) is 7.08. The first kappa shape index (κ1) is 12.2. The average Bonchev–Trinajstić information content (AvgIpc) is 1.80. The van der Waals surface area contributed by atoms with Crippen molar-refractivity contribution in [1.29, 1.82) is 0 Å². The first-order chi connectivity index (χ1) is 5.19. The third-order valence-corrected chi connectivity index (χ3v) is 4.02. The summed E-state index contributed by atoms with van der Waals surface area (Å²) in [4.78, 5) is 0. The van der Waals surface area contributed by atoms with Crippen molar-refractivity contribution in [3.8, 4) is 0 Å². The third-order valence-electron chi connectivity index (χ3n) is 1.11. The topological polar surface area (TPSA) is 46.2 Å². The first-order valence-corrected chi connectivity index (χ1v) is 5.84. The molecule has 0 aromatic carbocycles. The molecule has 0 fully saturated rings. The Labute approximate surface area is 79.5 Å². The Bertz CT molecular complexity index is 230. The highest BCUT2D eigenvalue weighted by molar-refractivity contribution is 7.91. The molecular formula is C7H16ClNO2S. The molecule has 12 heavy (non-hydrogen) atoms. The zero-order valence-electron chi connectivity index (χ0n) is 7.89. The Balaban J connectivity index is 4.45. The molecule has 1 N–H and O–H groups in total. The molecule has 1 atom stereocenters. The molecular weight excluding hydrogens is 198 g/mol. The molecule has 74 valence electrons. The maximum atomic E-state index is 11.3. The SMILES string of the molecule is CCC(Cl)S(=O)(=O)NC(C)(C)C. The minimum atomic E-state index is -3.35. The number of halogens is 1. The lowest BCUT2D eigenvalue weighted by Gasteiger charge is -2.22. The number of nitrogens with one attached hydrogen (secondary N) is 1. The van der Waals surface area contributed by atoms with Crippen LogP contribution in [0.2, 0.25) is 0 Å². The standard InChI is InChI=1S/C7H16ClNO2S/c1-5-6(8)12(10,11)9-7(2,3)4/h6,9H,5H2,1-4H3. The molecule has 0 radical (unpaired) electrons. The molecule has 1 unspecified atom stereocenters. The van der Waals surface area contributed by atoms with Gasteiger partial charge in [0, 0.05) is 5.54 Å². The highest BCUT2D eigenvalue weighted by Gasteiger charge is 2.26. The lowest BCUT2D eigenvalue weighted by Crippen LogP contribution is -2.43. The van der Waals surface area contributed by atoms with Gasteiger partial charge in [0.2, 0.25) is 10.0 Å². The molecule has 0 bridgehead atoms. The predicted octanol–water partition coefficient (Wildman–Crippen LogP) is 1.68. The molecule has 0 aliphatic rings. The molecule has 0 aromatic heterocycles. The summed E-state index contributed by atoms with van der Waals surface area (Å²) in [5.74, 6) is 0. The highest BCUT2D eigenvalue weighted by atomic mass is 35.5. The van der Waals surface area contributed by atoms with E-state index in [1.165, 1.54) is 0 Å². The van der Waals surface area contributed by atoms with Gasteiger partial charge in [-0.15, -0.1) is 11.6 Å². The van der Waals surface area contributed by atoms with E-state index in [1.807, 2.05) is 0 Å². The van der Waals surface area contributed by atoms with Crippen molar-refractivity contribution in [1.82, 2.24) is 4.72 Å². The van der Waals surface area contributed by atoms with E-state index in [-0.39, 0.29) is 0 Å². The van der Waals surface area contributed by atoms with Crippen LogP contribution in [-0.2, 0) is 10.0 Å².